The molecule has 1 amide bonds. The van der Waals surface area contributed by atoms with Crippen LogP contribution in [0.2, 0.25) is 0 Å². The lowest BCUT2D eigenvalue weighted by Gasteiger charge is -2.36. The predicted octanol–water partition coefficient (Wildman–Crippen LogP) is 2.47. The zero-order valence-corrected chi connectivity index (χ0v) is 14.1. The summed E-state index contributed by atoms with van der Waals surface area (Å²) in [6, 6.07) is 0. The van der Waals surface area contributed by atoms with Crippen molar-refractivity contribution in [2.45, 2.75) is 40.0 Å². The maximum absolute atomic E-state index is 11.7. The SMILES string of the molecule is COCCC(=O)NCC1C=C(C)C(CC(=O)O)CC1C(C)C. The van der Waals surface area contributed by atoms with E-state index in [-0.39, 0.29) is 24.2 Å². The number of aliphatic carboxylic acids is 1. The molecule has 0 saturated heterocycles. The third kappa shape index (κ3) is 5.79. The summed E-state index contributed by atoms with van der Waals surface area (Å²) < 4.78 is 4.90. The number of hydrogen-bond donors (Lipinski definition) is 2. The van der Waals surface area contributed by atoms with E-state index < -0.39 is 5.97 Å². The van der Waals surface area contributed by atoms with Crippen molar-refractivity contribution in [2.24, 2.45) is 23.7 Å². The fraction of sp³-hybridized carbons (Fsp3) is 0.765. The van der Waals surface area contributed by atoms with Crippen molar-refractivity contribution in [2.75, 3.05) is 20.3 Å². The van der Waals surface area contributed by atoms with E-state index in [1.54, 1.807) is 7.11 Å². The smallest absolute Gasteiger partial charge is 0.303 e. The molecule has 0 aliphatic heterocycles. The second-order valence-electron chi connectivity index (χ2n) is 6.56. The Kier molecular flexibility index (Phi) is 7.59. The van der Waals surface area contributed by atoms with Gasteiger partial charge in [0.2, 0.25) is 5.91 Å². The Morgan fingerprint density at radius 3 is 2.68 bits per heavy atom. The van der Waals surface area contributed by atoms with Crippen molar-refractivity contribution < 1.29 is 19.4 Å². The Labute approximate surface area is 133 Å². The zero-order chi connectivity index (χ0) is 16.7. The van der Waals surface area contributed by atoms with Gasteiger partial charge >= 0.3 is 5.97 Å². The molecule has 5 heteroatoms. The van der Waals surface area contributed by atoms with Crippen molar-refractivity contribution in [3.05, 3.63) is 11.6 Å². The number of hydrogen-bond acceptors (Lipinski definition) is 3. The quantitative estimate of drug-likeness (QED) is 0.675. The minimum absolute atomic E-state index is 0.00284. The van der Waals surface area contributed by atoms with Crippen LogP contribution in [0.1, 0.15) is 40.0 Å². The van der Waals surface area contributed by atoms with Crippen molar-refractivity contribution in [1.82, 2.24) is 5.32 Å². The Morgan fingerprint density at radius 2 is 2.14 bits per heavy atom. The number of nitrogens with one attached hydrogen (secondary N) is 1. The van der Waals surface area contributed by atoms with Gasteiger partial charge in [0.25, 0.3) is 0 Å². The van der Waals surface area contributed by atoms with Gasteiger partial charge in [0.1, 0.15) is 0 Å². The van der Waals surface area contributed by atoms with E-state index in [9.17, 15) is 9.59 Å². The molecule has 3 unspecified atom stereocenters. The van der Waals surface area contributed by atoms with E-state index in [2.05, 4.69) is 25.2 Å². The van der Waals surface area contributed by atoms with Gasteiger partial charge in [0.05, 0.1) is 13.0 Å². The van der Waals surface area contributed by atoms with Gasteiger partial charge in [-0.05, 0) is 37.0 Å². The van der Waals surface area contributed by atoms with Crippen LogP contribution < -0.4 is 5.32 Å². The second kappa shape index (κ2) is 8.93. The van der Waals surface area contributed by atoms with Gasteiger partial charge in [-0.25, -0.2) is 0 Å². The third-order valence-electron chi connectivity index (χ3n) is 4.57. The minimum atomic E-state index is -0.744. The van der Waals surface area contributed by atoms with E-state index in [0.29, 0.717) is 31.4 Å². The summed E-state index contributed by atoms with van der Waals surface area (Å²) in [4.78, 5) is 22.7. The van der Waals surface area contributed by atoms with Gasteiger partial charge in [-0.1, -0.05) is 25.5 Å². The first kappa shape index (κ1) is 18.7. The molecule has 22 heavy (non-hydrogen) atoms. The maximum atomic E-state index is 11.7. The minimum Gasteiger partial charge on any atom is -0.481 e. The molecular weight excluding hydrogens is 282 g/mol. The van der Waals surface area contributed by atoms with Crippen LogP contribution in [0.15, 0.2) is 11.6 Å². The van der Waals surface area contributed by atoms with Crippen LogP contribution in [0, 0.1) is 23.7 Å². The average molecular weight is 311 g/mol. The highest BCUT2D eigenvalue weighted by Gasteiger charge is 2.32. The first-order valence-corrected chi connectivity index (χ1v) is 8.00. The largest absolute Gasteiger partial charge is 0.481 e. The van der Waals surface area contributed by atoms with E-state index in [1.165, 1.54) is 0 Å². The molecule has 0 bridgehead atoms. The van der Waals surface area contributed by atoms with Crippen LogP contribution in [0.3, 0.4) is 0 Å². The first-order valence-electron chi connectivity index (χ1n) is 8.00. The Morgan fingerprint density at radius 1 is 1.45 bits per heavy atom. The molecule has 1 aliphatic rings. The van der Waals surface area contributed by atoms with E-state index >= 15 is 0 Å². The molecule has 5 nitrogen and oxygen atoms in total. The Hall–Kier alpha value is -1.36. The molecule has 0 saturated carbocycles. The van der Waals surface area contributed by atoms with Gasteiger partial charge < -0.3 is 15.2 Å². The third-order valence-corrected chi connectivity index (χ3v) is 4.57. The number of allylic oxidation sites excluding steroid dienone is 1. The monoisotopic (exact) mass is 311 g/mol. The highest BCUT2D eigenvalue weighted by Crippen LogP contribution is 2.38. The lowest BCUT2D eigenvalue weighted by Crippen LogP contribution is -2.37. The van der Waals surface area contributed by atoms with Crippen molar-refractivity contribution >= 4 is 11.9 Å². The summed E-state index contributed by atoms with van der Waals surface area (Å²) in [6.45, 7) is 7.37. The molecule has 126 valence electrons. The van der Waals surface area contributed by atoms with Crippen molar-refractivity contribution in [1.29, 1.82) is 0 Å². The number of carbonyl (C=O) groups is 2. The summed E-state index contributed by atoms with van der Waals surface area (Å²) >= 11 is 0. The molecule has 0 heterocycles. The maximum Gasteiger partial charge on any atom is 0.303 e. The van der Waals surface area contributed by atoms with Crippen LogP contribution in [0.25, 0.3) is 0 Å². The molecular formula is C17H29NO4. The van der Waals surface area contributed by atoms with E-state index in [4.69, 9.17) is 9.84 Å². The van der Waals surface area contributed by atoms with Gasteiger partial charge in [0.15, 0.2) is 0 Å². The van der Waals surface area contributed by atoms with E-state index in [1.807, 2.05) is 6.92 Å². The molecule has 1 aliphatic carbocycles. The summed E-state index contributed by atoms with van der Waals surface area (Å²) in [5.41, 5.74) is 1.13. The number of ether oxygens (including phenoxy) is 1. The van der Waals surface area contributed by atoms with Gasteiger partial charge in [-0.15, -0.1) is 0 Å². The normalized spacial score (nSPS) is 25.0. The van der Waals surface area contributed by atoms with Gasteiger partial charge in [-0.3, -0.25) is 9.59 Å². The fourth-order valence-electron chi connectivity index (χ4n) is 3.23. The molecule has 0 aromatic heterocycles. The highest BCUT2D eigenvalue weighted by molar-refractivity contribution is 5.76. The Balaban J connectivity index is 2.68. The standard InChI is InChI=1S/C17H29NO4/c1-11(2)15-8-13(9-17(20)21)12(3)7-14(15)10-18-16(19)5-6-22-4/h7,11,13-15H,5-6,8-10H2,1-4H3,(H,18,19)(H,20,21). The summed E-state index contributed by atoms with van der Waals surface area (Å²) in [5, 5.41) is 12.0. The van der Waals surface area contributed by atoms with Crippen LogP contribution >= 0.6 is 0 Å². The fourth-order valence-corrected chi connectivity index (χ4v) is 3.23. The number of carbonyl (C=O) groups excluding carboxylic acids is 1. The molecule has 0 fully saturated rings. The van der Waals surface area contributed by atoms with Gasteiger partial charge in [0, 0.05) is 20.1 Å². The number of carboxylic acids is 1. The zero-order valence-electron chi connectivity index (χ0n) is 14.1. The number of rotatable bonds is 8. The van der Waals surface area contributed by atoms with Crippen LogP contribution in [0.4, 0.5) is 0 Å². The number of carboxylic acid groups (broad SMARTS) is 1. The summed E-state index contributed by atoms with van der Waals surface area (Å²) in [6.07, 6.45) is 3.61. The molecule has 0 aromatic rings. The molecule has 0 radical (unpaired) electrons. The van der Waals surface area contributed by atoms with Gasteiger partial charge in [-0.2, -0.15) is 0 Å². The van der Waals surface area contributed by atoms with Crippen LogP contribution in [0.5, 0.6) is 0 Å². The molecule has 3 atom stereocenters. The number of amides is 1. The van der Waals surface area contributed by atoms with Crippen LogP contribution in [-0.4, -0.2) is 37.2 Å². The molecule has 1 rings (SSSR count). The molecule has 2 N–H and O–H groups in total. The van der Waals surface area contributed by atoms with Crippen molar-refractivity contribution in [3.8, 4) is 0 Å². The average Bonchev–Trinajstić information content (AvgIpc) is 2.44. The number of methoxy groups -OCH3 is 1. The van der Waals surface area contributed by atoms with Crippen LogP contribution in [-0.2, 0) is 14.3 Å². The summed E-state index contributed by atoms with van der Waals surface area (Å²) in [5.74, 6) is 0.508. The van der Waals surface area contributed by atoms with Crippen molar-refractivity contribution in [3.63, 3.8) is 0 Å². The lowest BCUT2D eigenvalue weighted by atomic mass is 9.70. The highest BCUT2D eigenvalue weighted by atomic mass is 16.5. The predicted molar refractivity (Wildman–Crippen MR) is 85.4 cm³/mol. The second-order valence-corrected chi connectivity index (χ2v) is 6.56. The Bertz CT molecular complexity index is 417. The molecule has 0 spiro atoms. The lowest BCUT2D eigenvalue weighted by molar-refractivity contribution is -0.138. The molecule has 0 aromatic carbocycles. The topological polar surface area (TPSA) is 75.6 Å². The first-order chi connectivity index (χ1) is 10.3. The van der Waals surface area contributed by atoms with E-state index in [0.717, 1.165) is 12.0 Å². The summed E-state index contributed by atoms with van der Waals surface area (Å²) in [7, 11) is 1.58.